The molecule has 3 rings (SSSR count). The maximum atomic E-state index is 5.85. The van der Waals surface area contributed by atoms with E-state index in [9.17, 15) is 0 Å². The summed E-state index contributed by atoms with van der Waals surface area (Å²) in [6.07, 6.45) is 3.68. The van der Waals surface area contributed by atoms with Crippen LogP contribution in [0.4, 0.5) is 0 Å². The first-order chi connectivity index (χ1) is 10.7. The number of nitrogens with zero attached hydrogens (tertiary/aromatic N) is 2. The van der Waals surface area contributed by atoms with Crippen LogP contribution in [-0.4, -0.2) is 17.2 Å². The maximum absolute atomic E-state index is 5.85. The molecule has 0 amide bonds. The zero-order chi connectivity index (χ0) is 15.5. The molecule has 2 aromatic rings. The molecule has 0 saturated carbocycles. The van der Waals surface area contributed by atoms with Gasteiger partial charge in [-0.1, -0.05) is 30.3 Å². The van der Waals surface area contributed by atoms with E-state index in [0.717, 1.165) is 5.56 Å². The summed E-state index contributed by atoms with van der Waals surface area (Å²) in [6.45, 7) is 2.74. The number of aryl methyl sites for hydroxylation is 1. The lowest BCUT2D eigenvalue weighted by Gasteiger charge is -2.23. The van der Waals surface area contributed by atoms with Gasteiger partial charge in [0.2, 0.25) is 11.8 Å². The van der Waals surface area contributed by atoms with Crippen LogP contribution in [0.5, 0.6) is 5.88 Å². The van der Waals surface area contributed by atoms with Gasteiger partial charge in [-0.3, -0.25) is 0 Å². The van der Waals surface area contributed by atoms with Crippen LogP contribution in [0.2, 0.25) is 0 Å². The number of hydrogen-bond donors (Lipinski definition) is 1. The molecular weight excluding hydrogens is 278 g/mol. The van der Waals surface area contributed by atoms with E-state index < -0.39 is 0 Å². The van der Waals surface area contributed by atoms with Crippen molar-refractivity contribution in [2.24, 2.45) is 5.73 Å². The van der Waals surface area contributed by atoms with Gasteiger partial charge in [-0.05, 0) is 23.6 Å². The average molecular weight is 297 g/mol. The Bertz CT molecular complexity index is 683. The lowest BCUT2D eigenvalue weighted by Crippen LogP contribution is -2.23. The molecule has 1 atom stereocenters. The van der Waals surface area contributed by atoms with Gasteiger partial charge < -0.3 is 15.3 Å². The number of hydrogen-bond acceptors (Lipinski definition) is 5. The summed E-state index contributed by atoms with van der Waals surface area (Å²) in [7, 11) is 1.60. The van der Waals surface area contributed by atoms with Crippen LogP contribution in [0.1, 0.15) is 22.7 Å². The smallest absolute Gasteiger partial charge is 0.212 e. The summed E-state index contributed by atoms with van der Waals surface area (Å²) in [4.78, 5) is 9.91. The van der Waals surface area contributed by atoms with Gasteiger partial charge in [0.15, 0.2) is 0 Å². The van der Waals surface area contributed by atoms with E-state index in [0.29, 0.717) is 18.3 Å². The van der Waals surface area contributed by atoms with Gasteiger partial charge in [0.1, 0.15) is 0 Å². The van der Waals surface area contributed by atoms with Crippen molar-refractivity contribution < 1.29 is 9.57 Å². The third-order valence-electron chi connectivity index (χ3n) is 3.75. The fourth-order valence-corrected chi connectivity index (χ4v) is 2.50. The Morgan fingerprint density at radius 3 is 2.77 bits per heavy atom. The first-order valence-corrected chi connectivity index (χ1v) is 7.13. The molecule has 5 nitrogen and oxygen atoms in total. The van der Waals surface area contributed by atoms with Gasteiger partial charge in [0.05, 0.1) is 19.7 Å². The fourth-order valence-electron chi connectivity index (χ4n) is 2.50. The molecule has 1 aliphatic rings. The van der Waals surface area contributed by atoms with Crippen LogP contribution in [-0.2, 0) is 11.4 Å². The third-order valence-corrected chi connectivity index (χ3v) is 3.75. The van der Waals surface area contributed by atoms with Crippen LogP contribution >= 0.6 is 0 Å². The van der Waals surface area contributed by atoms with Crippen molar-refractivity contribution in [3.05, 3.63) is 71.2 Å². The third kappa shape index (κ3) is 2.89. The molecular formula is C17H19N3O2. The molecule has 0 aliphatic carbocycles. The number of aromatic nitrogens is 1. The van der Waals surface area contributed by atoms with Crippen molar-refractivity contribution in [1.82, 2.24) is 10.0 Å². The molecule has 0 fully saturated rings. The van der Waals surface area contributed by atoms with Gasteiger partial charge in [0, 0.05) is 18.3 Å². The number of pyridine rings is 1. The Hall–Kier alpha value is -2.53. The lowest BCUT2D eigenvalue weighted by molar-refractivity contribution is -0.128. The summed E-state index contributed by atoms with van der Waals surface area (Å²) in [5.41, 5.74) is 9.29. The number of benzene rings is 1. The van der Waals surface area contributed by atoms with E-state index in [1.54, 1.807) is 13.3 Å². The topological polar surface area (TPSA) is 60.6 Å². The number of ether oxygens (including phenoxy) is 1. The molecule has 0 radical (unpaired) electrons. The lowest BCUT2D eigenvalue weighted by atomic mass is 10.1. The molecule has 5 heteroatoms. The second-order valence-corrected chi connectivity index (χ2v) is 5.24. The highest BCUT2D eigenvalue weighted by molar-refractivity contribution is 5.28. The van der Waals surface area contributed by atoms with Gasteiger partial charge in [-0.15, -0.1) is 5.06 Å². The van der Waals surface area contributed by atoms with Crippen molar-refractivity contribution >= 4 is 0 Å². The number of hydroxylamine groups is 2. The maximum Gasteiger partial charge on any atom is 0.212 e. The summed E-state index contributed by atoms with van der Waals surface area (Å²) in [5.74, 6) is 1.000. The van der Waals surface area contributed by atoms with Crippen LogP contribution in [0.15, 0.2) is 54.6 Å². The zero-order valence-electron chi connectivity index (χ0n) is 12.7. The standard InChI is InChI=1S/C17H19N3O2/c1-12-5-3-4-6-14(12)11-20-15(9-16(18)22-20)13-7-8-17(21-2)19-10-13/h3-10,15H,11,18H2,1-2H3. The van der Waals surface area contributed by atoms with E-state index in [-0.39, 0.29) is 6.04 Å². The highest BCUT2D eigenvalue weighted by atomic mass is 16.7. The van der Waals surface area contributed by atoms with Crippen LogP contribution in [0.3, 0.4) is 0 Å². The Labute approximate surface area is 129 Å². The molecule has 2 N–H and O–H groups in total. The van der Waals surface area contributed by atoms with E-state index >= 15 is 0 Å². The molecule has 0 spiro atoms. The van der Waals surface area contributed by atoms with Crippen molar-refractivity contribution in [3.8, 4) is 5.88 Å². The fraction of sp³-hybridized carbons (Fsp3) is 0.235. The molecule has 1 aromatic heterocycles. The summed E-state index contributed by atoms with van der Waals surface area (Å²) >= 11 is 0. The highest BCUT2D eigenvalue weighted by Crippen LogP contribution is 2.31. The Morgan fingerprint density at radius 2 is 2.09 bits per heavy atom. The second kappa shape index (κ2) is 6.07. The van der Waals surface area contributed by atoms with Crippen molar-refractivity contribution in [1.29, 1.82) is 0 Å². The number of rotatable bonds is 4. The molecule has 22 heavy (non-hydrogen) atoms. The van der Waals surface area contributed by atoms with E-state index in [1.807, 2.05) is 35.4 Å². The first kappa shape index (κ1) is 14.4. The molecule has 1 unspecified atom stereocenters. The Balaban J connectivity index is 1.83. The van der Waals surface area contributed by atoms with Crippen molar-refractivity contribution in [3.63, 3.8) is 0 Å². The number of nitrogens with two attached hydrogens (primary N) is 1. The quantitative estimate of drug-likeness (QED) is 0.940. The molecule has 1 aliphatic heterocycles. The normalized spacial score (nSPS) is 17.9. The molecule has 1 aromatic carbocycles. The van der Waals surface area contributed by atoms with Gasteiger partial charge in [-0.25, -0.2) is 4.98 Å². The minimum absolute atomic E-state index is 0.0574. The van der Waals surface area contributed by atoms with Gasteiger partial charge in [0.25, 0.3) is 0 Å². The predicted molar refractivity (Wildman–Crippen MR) is 83.6 cm³/mol. The van der Waals surface area contributed by atoms with Gasteiger partial charge >= 0.3 is 0 Å². The van der Waals surface area contributed by atoms with Crippen molar-refractivity contribution in [2.45, 2.75) is 19.5 Å². The molecule has 2 heterocycles. The Kier molecular flexibility index (Phi) is 3.98. The van der Waals surface area contributed by atoms with Crippen molar-refractivity contribution in [2.75, 3.05) is 7.11 Å². The largest absolute Gasteiger partial charge is 0.481 e. The summed E-state index contributed by atoms with van der Waals surface area (Å²) in [6, 6.07) is 12.0. The summed E-state index contributed by atoms with van der Waals surface area (Å²) < 4.78 is 5.10. The number of methoxy groups -OCH3 is 1. The predicted octanol–water partition coefficient (Wildman–Crippen LogP) is 2.69. The van der Waals surface area contributed by atoms with E-state index in [1.165, 1.54) is 11.1 Å². The highest BCUT2D eigenvalue weighted by Gasteiger charge is 2.28. The van der Waals surface area contributed by atoms with E-state index in [2.05, 4.69) is 24.0 Å². The van der Waals surface area contributed by atoms with E-state index in [4.69, 9.17) is 15.3 Å². The zero-order valence-corrected chi connectivity index (χ0v) is 12.7. The summed E-state index contributed by atoms with van der Waals surface area (Å²) in [5, 5.41) is 1.86. The Morgan fingerprint density at radius 1 is 1.27 bits per heavy atom. The molecule has 0 saturated heterocycles. The van der Waals surface area contributed by atoms with Crippen LogP contribution in [0, 0.1) is 6.92 Å². The minimum atomic E-state index is -0.0574. The molecule has 114 valence electrons. The second-order valence-electron chi connectivity index (χ2n) is 5.24. The average Bonchev–Trinajstić information content (AvgIpc) is 2.90. The van der Waals surface area contributed by atoms with Crippen LogP contribution < -0.4 is 10.5 Å². The van der Waals surface area contributed by atoms with Gasteiger partial charge in [-0.2, -0.15) is 0 Å². The van der Waals surface area contributed by atoms with Crippen LogP contribution in [0.25, 0.3) is 0 Å². The first-order valence-electron chi connectivity index (χ1n) is 7.13. The SMILES string of the molecule is COc1ccc(C2C=C(N)ON2Cc2ccccc2C)cn1. The molecule has 0 bridgehead atoms. The monoisotopic (exact) mass is 297 g/mol. The minimum Gasteiger partial charge on any atom is -0.481 e.